The van der Waals surface area contributed by atoms with Gasteiger partial charge in [-0.1, -0.05) is 12.1 Å². The Morgan fingerprint density at radius 3 is 2.65 bits per heavy atom. The molecule has 2 aromatic rings. The van der Waals surface area contributed by atoms with Crippen molar-refractivity contribution >= 4 is 11.0 Å². The van der Waals surface area contributed by atoms with E-state index in [1.807, 2.05) is 18.2 Å². The molecule has 0 aliphatic carbocycles. The lowest BCUT2D eigenvalue weighted by molar-refractivity contribution is 0.00775. The predicted molar refractivity (Wildman–Crippen MR) is 82.8 cm³/mol. The average Bonchev–Trinajstić information content (AvgIpc) is 2.81. The Kier molecular flexibility index (Phi) is 4.45. The van der Waals surface area contributed by atoms with Crippen molar-refractivity contribution in [1.82, 2.24) is 15.3 Å². The first-order valence-corrected chi connectivity index (χ1v) is 7.17. The smallest absolute Gasteiger partial charge is 0.124 e. The standard InChI is InChI=1S/C16H25N3O/c1-11(10-16(3,4)20-5)17-12(2)15-18-13-8-6-7-9-14(13)19-15/h6-9,11-12,17H,10H2,1-5H3,(H,18,19). The predicted octanol–water partition coefficient (Wildman–Crippen LogP) is 3.42. The number of hydrogen-bond acceptors (Lipinski definition) is 3. The Balaban J connectivity index is 2.02. The van der Waals surface area contributed by atoms with E-state index >= 15 is 0 Å². The molecular weight excluding hydrogens is 250 g/mol. The first kappa shape index (κ1) is 15.0. The van der Waals surface area contributed by atoms with E-state index in [2.05, 4.69) is 49.0 Å². The number of hydrogen-bond donors (Lipinski definition) is 2. The number of aromatic amines is 1. The van der Waals surface area contributed by atoms with Crippen molar-refractivity contribution in [2.75, 3.05) is 7.11 Å². The highest BCUT2D eigenvalue weighted by Crippen LogP contribution is 2.19. The molecule has 0 saturated carbocycles. The van der Waals surface area contributed by atoms with Crippen LogP contribution in [0.15, 0.2) is 24.3 Å². The highest BCUT2D eigenvalue weighted by atomic mass is 16.5. The van der Waals surface area contributed by atoms with E-state index in [0.717, 1.165) is 23.3 Å². The number of benzene rings is 1. The van der Waals surface area contributed by atoms with Gasteiger partial charge in [0.2, 0.25) is 0 Å². The fraction of sp³-hybridized carbons (Fsp3) is 0.562. The Hall–Kier alpha value is -1.39. The third-order valence-corrected chi connectivity index (χ3v) is 3.70. The lowest BCUT2D eigenvalue weighted by atomic mass is 9.99. The van der Waals surface area contributed by atoms with Crippen LogP contribution in [0.3, 0.4) is 0 Å². The molecule has 0 aliphatic heterocycles. The average molecular weight is 275 g/mol. The van der Waals surface area contributed by atoms with Crippen LogP contribution in [0.5, 0.6) is 0 Å². The molecule has 2 rings (SSSR count). The molecule has 1 aromatic carbocycles. The minimum Gasteiger partial charge on any atom is -0.379 e. The van der Waals surface area contributed by atoms with Gasteiger partial charge in [0.15, 0.2) is 0 Å². The monoisotopic (exact) mass is 275 g/mol. The molecule has 4 heteroatoms. The molecule has 0 bridgehead atoms. The highest BCUT2D eigenvalue weighted by Gasteiger charge is 2.22. The number of aromatic nitrogens is 2. The summed E-state index contributed by atoms with van der Waals surface area (Å²) in [5.41, 5.74) is 1.99. The molecule has 0 fully saturated rings. The first-order chi connectivity index (χ1) is 9.41. The van der Waals surface area contributed by atoms with Crippen molar-refractivity contribution in [2.24, 2.45) is 0 Å². The summed E-state index contributed by atoms with van der Waals surface area (Å²) in [4.78, 5) is 8.01. The lowest BCUT2D eigenvalue weighted by Gasteiger charge is -2.28. The topological polar surface area (TPSA) is 49.9 Å². The van der Waals surface area contributed by atoms with Gasteiger partial charge >= 0.3 is 0 Å². The number of fused-ring (bicyclic) bond motifs is 1. The molecule has 2 atom stereocenters. The maximum Gasteiger partial charge on any atom is 0.124 e. The Morgan fingerprint density at radius 2 is 2.00 bits per heavy atom. The zero-order valence-corrected chi connectivity index (χ0v) is 13.0. The lowest BCUT2D eigenvalue weighted by Crippen LogP contribution is -2.37. The summed E-state index contributed by atoms with van der Waals surface area (Å²) < 4.78 is 5.48. The summed E-state index contributed by atoms with van der Waals surface area (Å²) in [5, 5.41) is 3.57. The summed E-state index contributed by atoms with van der Waals surface area (Å²) in [6, 6.07) is 8.65. The number of methoxy groups -OCH3 is 1. The quantitative estimate of drug-likeness (QED) is 0.849. The van der Waals surface area contributed by atoms with E-state index in [1.165, 1.54) is 0 Å². The zero-order chi connectivity index (χ0) is 14.8. The van der Waals surface area contributed by atoms with Crippen molar-refractivity contribution in [3.8, 4) is 0 Å². The van der Waals surface area contributed by atoms with Crippen molar-refractivity contribution in [3.63, 3.8) is 0 Å². The maximum absolute atomic E-state index is 5.48. The Bertz CT molecular complexity index is 529. The molecular formula is C16H25N3O. The fourth-order valence-corrected chi connectivity index (χ4v) is 2.56. The van der Waals surface area contributed by atoms with Gasteiger partial charge in [-0.05, 0) is 46.2 Å². The molecule has 0 radical (unpaired) electrons. The van der Waals surface area contributed by atoms with Gasteiger partial charge in [0.05, 0.1) is 22.7 Å². The van der Waals surface area contributed by atoms with Crippen molar-refractivity contribution in [3.05, 3.63) is 30.1 Å². The fourth-order valence-electron chi connectivity index (χ4n) is 2.56. The molecule has 0 aliphatic rings. The highest BCUT2D eigenvalue weighted by molar-refractivity contribution is 5.74. The molecule has 0 amide bonds. The van der Waals surface area contributed by atoms with Crippen molar-refractivity contribution in [2.45, 2.75) is 51.8 Å². The van der Waals surface area contributed by atoms with Gasteiger partial charge in [-0.25, -0.2) is 4.98 Å². The number of nitrogens with zero attached hydrogens (tertiary/aromatic N) is 1. The maximum atomic E-state index is 5.48. The second kappa shape index (κ2) is 5.94. The number of para-hydroxylation sites is 2. The third-order valence-electron chi connectivity index (χ3n) is 3.70. The number of rotatable bonds is 6. The second-order valence-corrected chi connectivity index (χ2v) is 6.10. The molecule has 1 aromatic heterocycles. The zero-order valence-electron chi connectivity index (χ0n) is 13.0. The first-order valence-electron chi connectivity index (χ1n) is 7.17. The van der Waals surface area contributed by atoms with Crippen LogP contribution >= 0.6 is 0 Å². The molecule has 0 saturated heterocycles. The van der Waals surface area contributed by atoms with Gasteiger partial charge in [0.1, 0.15) is 5.82 Å². The van der Waals surface area contributed by atoms with Gasteiger partial charge in [-0.3, -0.25) is 0 Å². The summed E-state index contributed by atoms with van der Waals surface area (Å²) in [6.45, 7) is 8.53. The summed E-state index contributed by atoms with van der Waals surface area (Å²) in [5.74, 6) is 0.980. The normalized spacial score (nSPS) is 15.4. The van der Waals surface area contributed by atoms with Crippen LogP contribution in [0.4, 0.5) is 0 Å². The van der Waals surface area contributed by atoms with Gasteiger partial charge in [-0.2, -0.15) is 0 Å². The molecule has 2 unspecified atom stereocenters. The summed E-state index contributed by atoms with van der Waals surface area (Å²) in [7, 11) is 1.76. The molecule has 0 spiro atoms. The number of ether oxygens (including phenoxy) is 1. The SMILES string of the molecule is COC(C)(C)CC(C)NC(C)c1nc2ccccc2[nH]1. The van der Waals surface area contributed by atoms with E-state index in [4.69, 9.17) is 4.74 Å². The molecule has 1 heterocycles. The van der Waals surface area contributed by atoms with E-state index in [9.17, 15) is 0 Å². The minimum atomic E-state index is -0.111. The van der Waals surface area contributed by atoms with Crippen LogP contribution in [-0.4, -0.2) is 28.7 Å². The van der Waals surface area contributed by atoms with Crippen LogP contribution in [0.25, 0.3) is 11.0 Å². The van der Waals surface area contributed by atoms with Crippen LogP contribution in [0, 0.1) is 0 Å². The number of imidazole rings is 1. The molecule has 4 nitrogen and oxygen atoms in total. The van der Waals surface area contributed by atoms with Crippen LogP contribution < -0.4 is 5.32 Å². The van der Waals surface area contributed by atoms with E-state index < -0.39 is 0 Å². The van der Waals surface area contributed by atoms with Crippen LogP contribution in [-0.2, 0) is 4.74 Å². The Morgan fingerprint density at radius 1 is 1.30 bits per heavy atom. The minimum absolute atomic E-state index is 0.111. The van der Waals surface area contributed by atoms with E-state index in [0.29, 0.717) is 6.04 Å². The van der Waals surface area contributed by atoms with Gasteiger partial charge in [0, 0.05) is 13.2 Å². The molecule has 20 heavy (non-hydrogen) atoms. The van der Waals surface area contributed by atoms with E-state index in [-0.39, 0.29) is 11.6 Å². The largest absolute Gasteiger partial charge is 0.379 e. The summed E-state index contributed by atoms with van der Waals surface area (Å²) >= 11 is 0. The number of H-pyrrole nitrogens is 1. The van der Waals surface area contributed by atoms with Crippen LogP contribution in [0.2, 0.25) is 0 Å². The van der Waals surface area contributed by atoms with E-state index in [1.54, 1.807) is 7.11 Å². The Labute approximate surface area is 120 Å². The summed E-state index contributed by atoms with van der Waals surface area (Å²) in [6.07, 6.45) is 0.952. The molecule has 110 valence electrons. The third kappa shape index (κ3) is 3.58. The number of nitrogens with one attached hydrogen (secondary N) is 2. The van der Waals surface area contributed by atoms with Gasteiger partial charge in [-0.15, -0.1) is 0 Å². The van der Waals surface area contributed by atoms with Crippen LogP contribution in [0.1, 0.15) is 46.0 Å². The second-order valence-electron chi connectivity index (χ2n) is 6.10. The molecule has 2 N–H and O–H groups in total. The van der Waals surface area contributed by atoms with Crippen molar-refractivity contribution < 1.29 is 4.74 Å². The van der Waals surface area contributed by atoms with Gasteiger partial charge < -0.3 is 15.0 Å². The van der Waals surface area contributed by atoms with Gasteiger partial charge in [0.25, 0.3) is 0 Å². The van der Waals surface area contributed by atoms with Crippen molar-refractivity contribution in [1.29, 1.82) is 0 Å².